The minimum absolute atomic E-state index is 0.148. The first-order valence-corrected chi connectivity index (χ1v) is 7.06. The maximum Gasteiger partial charge on any atom is 0.234 e. The van der Waals surface area contributed by atoms with Crippen LogP contribution in [0.4, 0.5) is 0 Å². The molecule has 0 aliphatic carbocycles. The average molecular weight is 260 g/mol. The first kappa shape index (κ1) is 14.1. The first-order chi connectivity index (χ1) is 8.97. The van der Waals surface area contributed by atoms with Crippen LogP contribution in [0.25, 0.3) is 0 Å². The van der Waals surface area contributed by atoms with Crippen molar-refractivity contribution < 1.29 is 4.79 Å². The summed E-state index contributed by atoms with van der Waals surface area (Å²) < 4.78 is 0. The molecule has 1 saturated heterocycles. The molecule has 1 heterocycles. The van der Waals surface area contributed by atoms with Crippen LogP contribution in [-0.2, 0) is 11.2 Å². The van der Waals surface area contributed by atoms with Crippen LogP contribution in [0.2, 0.25) is 0 Å². The van der Waals surface area contributed by atoms with E-state index >= 15 is 0 Å². The highest BCUT2D eigenvalue weighted by atomic mass is 16.1. The van der Waals surface area contributed by atoms with Gasteiger partial charge >= 0.3 is 0 Å². The number of rotatable bonds is 3. The third kappa shape index (κ3) is 3.35. The maximum atomic E-state index is 11.3. The molecule has 1 aliphatic heterocycles. The summed E-state index contributed by atoms with van der Waals surface area (Å²) in [6.07, 6.45) is 3.04. The fourth-order valence-electron chi connectivity index (χ4n) is 3.22. The molecule has 0 bridgehead atoms. The minimum Gasteiger partial charge on any atom is -0.368 e. The predicted molar refractivity (Wildman–Crippen MR) is 78.1 cm³/mol. The smallest absolute Gasteiger partial charge is 0.234 e. The van der Waals surface area contributed by atoms with Gasteiger partial charge in [-0.25, -0.2) is 0 Å². The lowest BCUT2D eigenvalue weighted by Crippen LogP contribution is -2.47. The van der Waals surface area contributed by atoms with Gasteiger partial charge in [-0.3, -0.25) is 4.79 Å². The molecule has 1 fully saturated rings. The van der Waals surface area contributed by atoms with E-state index in [1.807, 2.05) is 0 Å². The fraction of sp³-hybridized carbons (Fsp3) is 0.562. The summed E-state index contributed by atoms with van der Waals surface area (Å²) in [5, 5.41) is 3.20. The van der Waals surface area contributed by atoms with Crippen LogP contribution >= 0.6 is 0 Å². The third-order valence-electron chi connectivity index (χ3n) is 4.19. The normalized spacial score (nSPS) is 23.3. The molecule has 2 atom stereocenters. The van der Waals surface area contributed by atoms with Crippen molar-refractivity contribution in [2.45, 2.75) is 46.1 Å². The molecule has 2 unspecified atom stereocenters. The van der Waals surface area contributed by atoms with E-state index in [1.165, 1.54) is 22.3 Å². The Morgan fingerprint density at radius 2 is 1.95 bits per heavy atom. The van der Waals surface area contributed by atoms with Crippen LogP contribution in [0.3, 0.4) is 0 Å². The van der Waals surface area contributed by atoms with Gasteiger partial charge in [0, 0.05) is 0 Å². The number of nitrogens with one attached hydrogen (secondary N) is 1. The van der Waals surface area contributed by atoms with Gasteiger partial charge in [-0.1, -0.05) is 17.7 Å². The molecule has 0 saturated carbocycles. The second-order valence-electron chi connectivity index (χ2n) is 5.88. The highest BCUT2D eigenvalue weighted by Crippen LogP contribution is 2.25. The number of aryl methyl sites for hydroxylation is 3. The second-order valence-corrected chi connectivity index (χ2v) is 5.88. The third-order valence-corrected chi connectivity index (χ3v) is 4.19. The molecule has 1 aromatic carbocycles. The maximum absolute atomic E-state index is 11.3. The summed E-state index contributed by atoms with van der Waals surface area (Å²) in [5.74, 6) is 0.334. The lowest BCUT2D eigenvalue weighted by atomic mass is 9.84. The van der Waals surface area contributed by atoms with Gasteiger partial charge < -0.3 is 11.1 Å². The molecule has 19 heavy (non-hydrogen) atoms. The van der Waals surface area contributed by atoms with E-state index in [0.29, 0.717) is 5.92 Å². The van der Waals surface area contributed by atoms with Crippen LogP contribution in [0.15, 0.2) is 12.1 Å². The Bertz CT molecular complexity index is 459. The molecule has 0 aromatic heterocycles. The summed E-state index contributed by atoms with van der Waals surface area (Å²) in [4.78, 5) is 11.3. The van der Waals surface area contributed by atoms with E-state index in [2.05, 4.69) is 38.2 Å². The van der Waals surface area contributed by atoms with Gasteiger partial charge in [-0.05, 0) is 69.2 Å². The molecule has 1 amide bonds. The van der Waals surface area contributed by atoms with Gasteiger partial charge in [0.2, 0.25) is 5.91 Å². The molecular formula is C16H24N2O. The van der Waals surface area contributed by atoms with Crippen molar-refractivity contribution in [3.8, 4) is 0 Å². The van der Waals surface area contributed by atoms with E-state index in [-0.39, 0.29) is 11.9 Å². The number of amides is 1. The zero-order valence-electron chi connectivity index (χ0n) is 12.1. The van der Waals surface area contributed by atoms with Crippen LogP contribution in [0.1, 0.15) is 35.1 Å². The van der Waals surface area contributed by atoms with Crippen molar-refractivity contribution in [1.82, 2.24) is 5.32 Å². The molecule has 3 N–H and O–H groups in total. The molecule has 2 rings (SSSR count). The summed E-state index contributed by atoms with van der Waals surface area (Å²) in [7, 11) is 0. The molecule has 0 spiro atoms. The topological polar surface area (TPSA) is 55.1 Å². The summed E-state index contributed by atoms with van der Waals surface area (Å²) >= 11 is 0. The van der Waals surface area contributed by atoms with Gasteiger partial charge in [-0.15, -0.1) is 0 Å². The Morgan fingerprint density at radius 3 is 2.53 bits per heavy atom. The number of benzene rings is 1. The Balaban J connectivity index is 2.11. The summed E-state index contributed by atoms with van der Waals surface area (Å²) in [6.45, 7) is 7.39. The summed E-state index contributed by atoms with van der Waals surface area (Å²) in [5.41, 5.74) is 10.9. The lowest BCUT2D eigenvalue weighted by Gasteiger charge is -2.29. The van der Waals surface area contributed by atoms with E-state index in [9.17, 15) is 4.79 Å². The number of primary amides is 1. The molecule has 0 radical (unpaired) electrons. The van der Waals surface area contributed by atoms with Crippen molar-refractivity contribution in [2.24, 2.45) is 11.7 Å². The number of carbonyl (C=O) groups excluding carboxylic acids is 1. The van der Waals surface area contributed by atoms with Crippen LogP contribution in [0, 0.1) is 26.7 Å². The standard InChI is InChI=1S/C16H24N2O/c1-10-6-11(2)14(12(3)7-10)8-13-4-5-18-15(9-13)16(17)19/h6-7,13,15,18H,4-5,8-9H2,1-3H3,(H2,17,19). The monoisotopic (exact) mass is 260 g/mol. The van der Waals surface area contributed by atoms with Crippen LogP contribution < -0.4 is 11.1 Å². The van der Waals surface area contributed by atoms with E-state index in [0.717, 1.165) is 25.8 Å². The van der Waals surface area contributed by atoms with Crippen molar-refractivity contribution in [3.63, 3.8) is 0 Å². The number of piperidine rings is 1. The Labute approximate surface area is 115 Å². The van der Waals surface area contributed by atoms with Crippen molar-refractivity contribution in [2.75, 3.05) is 6.54 Å². The number of hydrogen-bond acceptors (Lipinski definition) is 2. The van der Waals surface area contributed by atoms with Gasteiger partial charge in [0.15, 0.2) is 0 Å². The van der Waals surface area contributed by atoms with Crippen LogP contribution in [-0.4, -0.2) is 18.5 Å². The predicted octanol–water partition coefficient (Wildman–Crippen LogP) is 2.01. The molecule has 3 nitrogen and oxygen atoms in total. The zero-order valence-corrected chi connectivity index (χ0v) is 12.1. The second kappa shape index (κ2) is 5.74. The highest BCUT2D eigenvalue weighted by molar-refractivity contribution is 5.79. The van der Waals surface area contributed by atoms with Crippen molar-refractivity contribution in [1.29, 1.82) is 0 Å². The van der Waals surface area contributed by atoms with Gasteiger partial charge in [-0.2, -0.15) is 0 Å². The Kier molecular flexibility index (Phi) is 4.25. The largest absolute Gasteiger partial charge is 0.368 e. The molecule has 104 valence electrons. The molecular weight excluding hydrogens is 236 g/mol. The van der Waals surface area contributed by atoms with E-state index in [1.54, 1.807) is 0 Å². The number of nitrogens with two attached hydrogens (primary N) is 1. The van der Waals surface area contributed by atoms with Crippen molar-refractivity contribution in [3.05, 3.63) is 34.4 Å². The van der Waals surface area contributed by atoms with Gasteiger partial charge in [0.05, 0.1) is 6.04 Å². The molecule has 1 aliphatic rings. The van der Waals surface area contributed by atoms with E-state index < -0.39 is 0 Å². The SMILES string of the molecule is Cc1cc(C)c(CC2CCNC(C(N)=O)C2)c(C)c1. The molecule has 3 heteroatoms. The zero-order chi connectivity index (χ0) is 14.0. The lowest BCUT2D eigenvalue weighted by molar-refractivity contribution is -0.120. The molecule has 1 aromatic rings. The number of hydrogen-bond donors (Lipinski definition) is 2. The van der Waals surface area contributed by atoms with Gasteiger partial charge in [0.25, 0.3) is 0 Å². The van der Waals surface area contributed by atoms with Crippen LogP contribution in [0.5, 0.6) is 0 Å². The quantitative estimate of drug-likeness (QED) is 0.873. The minimum atomic E-state index is -0.220. The summed E-state index contributed by atoms with van der Waals surface area (Å²) in [6, 6.07) is 4.34. The van der Waals surface area contributed by atoms with Gasteiger partial charge in [0.1, 0.15) is 0 Å². The fourth-order valence-corrected chi connectivity index (χ4v) is 3.22. The van der Waals surface area contributed by atoms with Crippen molar-refractivity contribution >= 4 is 5.91 Å². The van der Waals surface area contributed by atoms with E-state index in [4.69, 9.17) is 5.73 Å². The highest BCUT2D eigenvalue weighted by Gasteiger charge is 2.25. The Hall–Kier alpha value is -1.35. The average Bonchev–Trinajstić information content (AvgIpc) is 2.34. The Morgan fingerprint density at radius 1 is 1.32 bits per heavy atom. The first-order valence-electron chi connectivity index (χ1n) is 7.06. The number of carbonyl (C=O) groups is 1.